The molecule has 19 heavy (non-hydrogen) atoms. The monoisotopic (exact) mass is 445 g/mol. The molecule has 1 amide bonds. The van der Waals surface area contributed by atoms with Gasteiger partial charge in [-0.2, -0.15) is 0 Å². The highest BCUT2D eigenvalue weighted by molar-refractivity contribution is 14.1. The summed E-state index contributed by atoms with van der Waals surface area (Å²) in [5, 5.41) is 2.54. The van der Waals surface area contributed by atoms with Crippen LogP contribution in [0.25, 0.3) is 0 Å². The molecular formula is C13H15BrF2INO. The number of carbonyl (C=O) groups excluding carboxylic acids is 1. The molecule has 0 unspecified atom stereocenters. The van der Waals surface area contributed by atoms with Crippen LogP contribution in [-0.2, 0) is 0 Å². The number of alkyl halides is 1. The summed E-state index contributed by atoms with van der Waals surface area (Å²) in [5.41, 5.74) is -0.518. The molecule has 0 aliphatic rings. The van der Waals surface area contributed by atoms with Crippen molar-refractivity contribution < 1.29 is 13.6 Å². The summed E-state index contributed by atoms with van der Waals surface area (Å²) in [6.07, 6.45) is 4.10. The lowest BCUT2D eigenvalue weighted by molar-refractivity contribution is 0.0944. The molecule has 0 heterocycles. The lowest BCUT2D eigenvalue weighted by atomic mass is 10.1. The molecule has 0 aromatic heterocycles. The highest BCUT2D eigenvalue weighted by Crippen LogP contribution is 2.19. The largest absolute Gasteiger partial charge is 0.352 e. The van der Waals surface area contributed by atoms with Gasteiger partial charge < -0.3 is 5.32 Å². The molecule has 0 saturated carbocycles. The second kappa shape index (κ2) is 8.84. The van der Waals surface area contributed by atoms with Crippen molar-refractivity contribution in [3.05, 3.63) is 33.8 Å². The van der Waals surface area contributed by atoms with Crippen molar-refractivity contribution in [3.63, 3.8) is 0 Å². The summed E-state index contributed by atoms with van der Waals surface area (Å²) in [6, 6.07) is 2.16. The van der Waals surface area contributed by atoms with Crippen LogP contribution < -0.4 is 5.32 Å². The van der Waals surface area contributed by atoms with Crippen molar-refractivity contribution in [3.8, 4) is 0 Å². The molecule has 1 aromatic carbocycles. The molecule has 0 fully saturated rings. The molecule has 6 heteroatoms. The van der Waals surface area contributed by atoms with Gasteiger partial charge in [0, 0.05) is 11.0 Å². The van der Waals surface area contributed by atoms with Crippen molar-refractivity contribution in [2.24, 2.45) is 0 Å². The number of unbranched alkanes of at least 4 members (excludes halogenated alkanes) is 3. The van der Waals surface area contributed by atoms with Crippen LogP contribution in [0, 0.1) is 11.6 Å². The van der Waals surface area contributed by atoms with Crippen molar-refractivity contribution >= 4 is 44.4 Å². The van der Waals surface area contributed by atoms with Crippen molar-refractivity contribution in [2.75, 3.05) is 11.0 Å². The van der Waals surface area contributed by atoms with Gasteiger partial charge in [-0.05, 0) is 29.4 Å². The number of halogens is 4. The summed E-state index contributed by atoms with van der Waals surface area (Å²) in [6.45, 7) is 0.440. The number of amides is 1. The van der Waals surface area contributed by atoms with E-state index in [0.717, 1.165) is 42.2 Å². The predicted molar refractivity (Wildman–Crippen MR) is 83.7 cm³/mol. The van der Waals surface area contributed by atoms with Crippen LogP contribution in [0.4, 0.5) is 8.78 Å². The van der Waals surface area contributed by atoms with Gasteiger partial charge in [0.2, 0.25) is 0 Å². The first kappa shape index (κ1) is 16.8. The minimum Gasteiger partial charge on any atom is -0.352 e. The van der Waals surface area contributed by atoms with Gasteiger partial charge in [0.25, 0.3) is 5.91 Å². The number of carbonyl (C=O) groups is 1. The zero-order chi connectivity index (χ0) is 14.3. The summed E-state index contributed by atoms with van der Waals surface area (Å²) in [5.74, 6) is -2.40. The van der Waals surface area contributed by atoms with Gasteiger partial charge in [0.05, 0.1) is 0 Å². The lowest BCUT2D eigenvalue weighted by Crippen LogP contribution is -2.26. The van der Waals surface area contributed by atoms with E-state index >= 15 is 0 Å². The van der Waals surface area contributed by atoms with Crippen molar-refractivity contribution in [1.82, 2.24) is 5.32 Å². The van der Waals surface area contributed by atoms with Crippen LogP contribution >= 0.6 is 38.5 Å². The van der Waals surface area contributed by atoms with Crippen molar-refractivity contribution in [2.45, 2.75) is 25.7 Å². The first-order chi connectivity index (χ1) is 9.06. The minimum absolute atomic E-state index is 0.276. The van der Waals surface area contributed by atoms with E-state index in [1.165, 1.54) is 0 Å². The molecule has 0 aliphatic carbocycles. The van der Waals surface area contributed by atoms with E-state index in [2.05, 4.69) is 43.8 Å². The maximum atomic E-state index is 13.5. The predicted octanol–water partition coefficient (Wildman–Crippen LogP) is 4.45. The zero-order valence-corrected chi connectivity index (χ0v) is 14.1. The molecule has 1 rings (SSSR count). The molecule has 2 nitrogen and oxygen atoms in total. The highest BCUT2D eigenvalue weighted by Gasteiger charge is 2.17. The average molecular weight is 446 g/mol. The van der Waals surface area contributed by atoms with Crippen LogP contribution in [0.3, 0.4) is 0 Å². The fourth-order valence-electron chi connectivity index (χ4n) is 1.62. The van der Waals surface area contributed by atoms with Crippen LogP contribution in [0.15, 0.2) is 16.6 Å². The third kappa shape index (κ3) is 5.72. The SMILES string of the molecule is O=C(NCCCCCCI)c1c(F)cc(Br)cc1F. The number of rotatable bonds is 7. The lowest BCUT2D eigenvalue weighted by Gasteiger charge is -2.07. The molecule has 0 spiro atoms. The standard InChI is InChI=1S/C13H15BrF2INO/c14-9-7-10(15)12(11(16)8-9)13(19)18-6-4-2-1-3-5-17/h7-8H,1-6H2,(H,18,19). The van der Waals surface area contributed by atoms with Gasteiger partial charge in [0.15, 0.2) is 0 Å². The van der Waals surface area contributed by atoms with E-state index in [-0.39, 0.29) is 4.47 Å². The topological polar surface area (TPSA) is 29.1 Å². The Hall–Kier alpha value is -0.240. The third-order valence-corrected chi connectivity index (χ3v) is 3.80. The van der Waals surface area contributed by atoms with Gasteiger partial charge in [-0.15, -0.1) is 0 Å². The molecule has 0 radical (unpaired) electrons. The fraction of sp³-hybridized carbons (Fsp3) is 0.462. The quantitative estimate of drug-likeness (QED) is 0.375. The number of hydrogen-bond acceptors (Lipinski definition) is 1. The number of hydrogen-bond donors (Lipinski definition) is 1. The van der Waals surface area contributed by atoms with Crippen LogP contribution in [-0.4, -0.2) is 16.9 Å². The molecule has 0 atom stereocenters. The Balaban J connectivity index is 2.46. The molecule has 0 saturated heterocycles. The summed E-state index contributed by atoms with van der Waals surface area (Å²) >= 11 is 5.29. The first-order valence-electron chi connectivity index (χ1n) is 6.05. The van der Waals surface area contributed by atoms with E-state index in [4.69, 9.17) is 0 Å². The Labute approximate surface area is 133 Å². The Morgan fingerprint density at radius 2 is 1.74 bits per heavy atom. The maximum Gasteiger partial charge on any atom is 0.257 e. The van der Waals surface area contributed by atoms with E-state index in [9.17, 15) is 13.6 Å². The van der Waals surface area contributed by atoms with E-state index in [1.807, 2.05) is 0 Å². The summed E-state index contributed by atoms with van der Waals surface area (Å²) in [7, 11) is 0. The summed E-state index contributed by atoms with van der Waals surface area (Å²) in [4.78, 5) is 11.7. The minimum atomic E-state index is -0.853. The molecule has 0 aliphatic heterocycles. The summed E-state index contributed by atoms with van der Waals surface area (Å²) < 4.78 is 28.4. The van der Waals surface area contributed by atoms with Gasteiger partial charge >= 0.3 is 0 Å². The molecule has 1 N–H and O–H groups in total. The van der Waals surface area contributed by atoms with Crippen LogP contribution in [0.5, 0.6) is 0 Å². The first-order valence-corrected chi connectivity index (χ1v) is 8.37. The van der Waals surface area contributed by atoms with E-state index in [0.29, 0.717) is 6.54 Å². The Morgan fingerprint density at radius 3 is 2.32 bits per heavy atom. The number of nitrogens with one attached hydrogen (secondary N) is 1. The Kier molecular flexibility index (Phi) is 7.82. The van der Waals surface area contributed by atoms with Gasteiger partial charge in [0.1, 0.15) is 17.2 Å². The van der Waals surface area contributed by atoms with E-state index in [1.54, 1.807) is 0 Å². The van der Waals surface area contributed by atoms with Gasteiger partial charge in [-0.3, -0.25) is 4.79 Å². The Morgan fingerprint density at radius 1 is 1.16 bits per heavy atom. The smallest absolute Gasteiger partial charge is 0.257 e. The normalized spacial score (nSPS) is 10.5. The second-order valence-electron chi connectivity index (χ2n) is 4.10. The average Bonchev–Trinajstić information content (AvgIpc) is 2.32. The molecule has 1 aromatic rings. The third-order valence-electron chi connectivity index (χ3n) is 2.58. The molecule has 106 valence electrons. The fourth-order valence-corrected chi connectivity index (χ4v) is 2.56. The number of benzene rings is 1. The van der Waals surface area contributed by atoms with Crippen LogP contribution in [0.2, 0.25) is 0 Å². The van der Waals surface area contributed by atoms with Crippen molar-refractivity contribution in [1.29, 1.82) is 0 Å². The second-order valence-corrected chi connectivity index (χ2v) is 6.10. The molecular weight excluding hydrogens is 431 g/mol. The zero-order valence-electron chi connectivity index (χ0n) is 10.3. The highest BCUT2D eigenvalue weighted by atomic mass is 127. The van der Waals surface area contributed by atoms with Crippen LogP contribution in [0.1, 0.15) is 36.0 Å². The van der Waals surface area contributed by atoms with Gasteiger partial charge in [-0.1, -0.05) is 51.4 Å². The Bertz CT molecular complexity index is 420. The van der Waals surface area contributed by atoms with Gasteiger partial charge in [-0.25, -0.2) is 8.78 Å². The molecule has 0 bridgehead atoms. The van der Waals surface area contributed by atoms with E-state index < -0.39 is 23.1 Å². The maximum absolute atomic E-state index is 13.5.